The number of methoxy groups -OCH3 is 2. The van der Waals surface area contributed by atoms with Crippen molar-refractivity contribution in [1.29, 1.82) is 0 Å². The molecule has 1 unspecified atom stereocenters. The zero-order chi connectivity index (χ0) is 13.3. The van der Waals surface area contributed by atoms with Crippen molar-refractivity contribution in [3.05, 3.63) is 4.88 Å². The van der Waals surface area contributed by atoms with Gasteiger partial charge in [0.1, 0.15) is 15.6 Å². The molecular formula is C12H18N2O3S. The van der Waals surface area contributed by atoms with Crippen LogP contribution in [-0.4, -0.2) is 26.2 Å². The van der Waals surface area contributed by atoms with Gasteiger partial charge < -0.3 is 20.5 Å². The molecule has 1 saturated carbocycles. The van der Waals surface area contributed by atoms with Crippen molar-refractivity contribution in [3.8, 4) is 5.75 Å². The first-order valence-corrected chi connectivity index (χ1v) is 6.71. The number of anilines is 2. The Morgan fingerprint density at radius 2 is 2.17 bits per heavy atom. The molecule has 2 rings (SSSR count). The summed E-state index contributed by atoms with van der Waals surface area (Å²) in [5.74, 6) is 0.815. The topological polar surface area (TPSA) is 73.6 Å². The van der Waals surface area contributed by atoms with E-state index < -0.39 is 5.97 Å². The highest BCUT2D eigenvalue weighted by molar-refractivity contribution is 7.19. The molecule has 0 aliphatic heterocycles. The van der Waals surface area contributed by atoms with Gasteiger partial charge in [-0.25, -0.2) is 4.79 Å². The van der Waals surface area contributed by atoms with Crippen LogP contribution in [0.4, 0.5) is 10.7 Å². The van der Waals surface area contributed by atoms with Crippen molar-refractivity contribution < 1.29 is 14.3 Å². The Morgan fingerprint density at radius 3 is 2.67 bits per heavy atom. The summed E-state index contributed by atoms with van der Waals surface area (Å²) in [6, 6.07) is 0.363. The van der Waals surface area contributed by atoms with Crippen LogP contribution < -0.4 is 15.8 Å². The van der Waals surface area contributed by atoms with E-state index in [0.29, 0.717) is 28.3 Å². The molecule has 1 heterocycles. The summed E-state index contributed by atoms with van der Waals surface area (Å²) in [6.45, 7) is 2.13. The van der Waals surface area contributed by atoms with Crippen LogP contribution in [0.3, 0.4) is 0 Å². The summed E-state index contributed by atoms with van der Waals surface area (Å²) >= 11 is 1.28. The molecule has 5 nitrogen and oxygen atoms in total. The van der Waals surface area contributed by atoms with E-state index in [0.717, 1.165) is 5.00 Å². The minimum atomic E-state index is -0.428. The molecule has 1 fully saturated rings. The van der Waals surface area contributed by atoms with Crippen LogP contribution in [0.5, 0.6) is 5.75 Å². The fraction of sp³-hybridized carbons (Fsp3) is 0.583. The summed E-state index contributed by atoms with van der Waals surface area (Å²) in [6.07, 6.45) is 2.50. The quantitative estimate of drug-likeness (QED) is 0.803. The first kappa shape index (κ1) is 13.0. The van der Waals surface area contributed by atoms with Gasteiger partial charge in [-0.05, 0) is 25.7 Å². The molecule has 1 aromatic heterocycles. The van der Waals surface area contributed by atoms with E-state index in [4.69, 9.17) is 15.2 Å². The molecule has 18 heavy (non-hydrogen) atoms. The maximum atomic E-state index is 11.6. The third kappa shape index (κ3) is 2.38. The number of nitrogens with one attached hydrogen (secondary N) is 1. The number of hydrogen-bond acceptors (Lipinski definition) is 6. The smallest absolute Gasteiger partial charge is 0.350 e. The molecule has 0 radical (unpaired) electrons. The average molecular weight is 270 g/mol. The van der Waals surface area contributed by atoms with E-state index in [1.54, 1.807) is 7.11 Å². The lowest BCUT2D eigenvalue weighted by molar-refractivity contribution is 0.0607. The molecule has 3 N–H and O–H groups in total. The Kier molecular flexibility index (Phi) is 3.65. The SMILES string of the molecule is COC(=O)c1sc(NC(C)C2CC2)c(OC)c1N. The van der Waals surface area contributed by atoms with Crippen LogP contribution in [0.1, 0.15) is 29.4 Å². The van der Waals surface area contributed by atoms with E-state index in [2.05, 4.69) is 12.2 Å². The number of nitrogen functional groups attached to an aromatic ring is 1. The van der Waals surface area contributed by atoms with Gasteiger partial charge in [0.25, 0.3) is 0 Å². The Hall–Kier alpha value is -1.43. The second-order valence-electron chi connectivity index (χ2n) is 4.47. The number of ether oxygens (including phenoxy) is 2. The molecule has 1 aliphatic carbocycles. The molecule has 1 aromatic rings. The van der Waals surface area contributed by atoms with Crippen LogP contribution in [0.15, 0.2) is 0 Å². The van der Waals surface area contributed by atoms with Gasteiger partial charge >= 0.3 is 5.97 Å². The van der Waals surface area contributed by atoms with E-state index in [-0.39, 0.29) is 0 Å². The number of rotatable bonds is 5. The number of esters is 1. The van der Waals surface area contributed by atoms with Gasteiger partial charge in [0.2, 0.25) is 0 Å². The fourth-order valence-corrected chi connectivity index (χ4v) is 3.00. The minimum Gasteiger partial charge on any atom is -0.492 e. The molecule has 6 heteroatoms. The van der Waals surface area contributed by atoms with Crippen LogP contribution in [-0.2, 0) is 4.74 Å². The summed E-state index contributed by atoms with van der Waals surface area (Å²) < 4.78 is 9.97. The molecule has 100 valence electrons. The van der Waals surface area contributed by atoms with Crippen molar-refractivity contribution in [2.24, 2.45) is 5.92 Å². The standard InChI is InChI=1S/C12H18N2O3S/c1-6(7-4-5-7)14-11-9(16-2)8(13)10(18-11)12(15)17-3/h6-7,14H,4-5,13H2,1-3H3. The predicted octanol–water partition coefficient (Wildman–Crippen LogP) is 2.34. The lowest BCUT2D eigenvalue weighted by atomic mass is 10.2. The van der Waals surface area contributed by atoms with Crippen molar-refractivity contribution in [2.45, 2.75) is 25.8 Å². The Morgan fingerprint density at radius 1 is 1.50 bits per heavy atom. The van der Waals surface area contributed by atoms with Gasteiger partial charge in [-0.1, -0.05) is 0 Å². The van der Waals surface area contributed by atoms with Gasteiger partial charge in [0, 0.05) is 6.04 Å². The lowest BCUT2D eigenvalue weighted by Gasteiger charge is -2.13. The molecule has 1 aliphatic rings. The maximum absolute atomic E-state index is 11.6. The van der Waals surface area contributed by atoms with Gasteiger partial charge in [-0.15, -0.1) is 11.3 Å². The van der Waals surface area contributed by atoms with Gasteiger partial charge in [-0.2, -0.15) is 0 Å². The molecule has 1 atom stereocenters. The molecule has 0 saturated heterocycles. The van der Waals surface area contributed by atoms with Crippen LogP contribution in [0, 0.1) is 5.92 Å². The van der Waals surface area contributed by atoms with Crippen LogP contribution in [0.25, 0.3) is 0 Å². The van der Waals surface area contributed by atoms with E-state index >= 15 is 0 Å². The van der Waals surface area contributed by atoms with E-state index in [1.165, 1.54) is 31.3 Å². The van der Waals surface area contributed by atoms with Crippen molar-refractivity contribution >= 4 is 28.0 Å². The fourth-order valence-electron chi connectivity index (χ4n) is 1.89. The predicted molar refractivity (Wildman–Crippen MR) is 72.4 cm³/mol. The van der Waals surface area contributed by atoms with Crippen LogP contribution in [0.2, 0.25) is 0 Å². The Labute approximate surface area is 110 Å². The zero-order valence-corrected chi connectivity index (χ0v) is 11.6. The van der Waals surface area contributed by atoms with Gasteiger partial charge in [0.05, 0.1) is 14.2 Å². The number of thiophene rings is 1. The molecule has 0 aromatic carbocycles. The molecule has 0 spiro atoms. The second-order valence-corrected chi connectivity index (χ2v) is 5.49. The monoisotopic (exact) mass is 270 g/mol. The summed E-state index contributed by atoms with van der Waals surface area (Å²) in [5, 5.41) is 4.17. The first-order chi connectivity index (χ1) is 8.58. The number of nitrogens with two attached hydrogens (primary N) is 1. The van der Waals surface area contributed by atoms with Crippen molar-refractivity contribution in [2.75, 3.05) is 25.3 Å². The summed E-state index contributed by atoms with van der Waals surface area (Å²) in [5.41, 5.74) is 6.25. The highest BCUT2D eigenvalue weighted by atomic mass is 32.1. The molecule has 0 bridgehead atoms. The van der Waals surface area contributed by atoms with Gasteiger partial charge in [-0.3, -0.25) is 0 Å². The van der Waals surface area contributed by atoms with Crippen molar-refractivity contribution in [3.63, 3.8) is 0 Å². The Bertz CT molecular complexity index is 454. The highest BCUT2D eigenvalue weighted by Crippen LogP contribution is 2.44. The highest BCUT2D eigenvalue weighted by Gasteiger charge is 2.30. The average Bonchev–Trinajstić information content (AvgIpc) is 3.15. The van der Waals surface area contributed by atoms with Gasteiger partial charge in [0.15, 0.2) is 5.75 Å². The normalized spacial score (nSPS) is 16.2. The number of carbonyl (C=O) groups is 1. The lowest BCUT2D eigenvalue weighted by Crippen LogP contribution is -2.16. The zero-order valence-electron chi connectivity index (χ0n) is 10.8. The third-order valence-corrected chi connectivity index (χ3v) is 4.26. The number of hydrogen-bond donors (Lipinski definition) is 2. The third-order valence-electron chi connectivity index (χ3n) is 3.16. The first-order valence-electron chi connectivity index (χ1n) is 5.89. The second kappa shape index (κ2) is 5.06. The maximum Gasteiger partial charge on any atom is 0.350 e. The largest absolute Gasteiger partial charge is 0.492 e. The van der Waals surface area contributed by atoms with E-state index in [9.17, 15) is 4.79 Å². The van der Waals surface area contributed by atoms with Crippen LogP contribution >= 0.6 is 11.3 Å². The minimum absolute atomic E-state index is 0.347. The molecular weight excluding hydrogens is 252 g/mol. The van der Waals surface area contributed by atoms with Crippen molar-refractivity contribution in [1.82, 2.24) is 0 Å². The molecule has 0 amide bonds. The van der Waals surface area contributed by atoms with E-state index in [1.807, 2.05) is 0 Å². The Balaban J connectivity index is 2.25. The summed E-state index contributed by atoms with van der Waals surface area (Å²) in [7, 11) is 2.89. The summed E-state index contributed by atoms with van der Waals surface area (Å²) in [4.78, 5) is 12.0. The number of carbonyl (C=O) groups excluding carboxylic acids is 1.